The van der Waals surface area contributed by atoms with Crippen LogP contribution in [-0.4, -0.2) is 32.4 Å². The Kier molecular flexibility index (Phi) is 3.53. The molecule has 0 aliphatic carbocycles. The van der Waals surface area contributed by atoms with E-state index in [-0.39, 0.29) is 24.5 Å². The van der Waals surface area contributed by atoms with Crippen molar-refractivity contribution >= 4 is 11.9 Å². The van der Waals surface area contributed by atoms with Gasteiger partial charge in [0.15, 0.2) is 6.61 Å². The van der Waals surface area contributed by atoms with Gasteiger partial charge in [-0.3, -0.25) is 10.1 Å². The molecule has 1 N–H and O–H groups in total. The summed E-state index contributed by atoms with van der Waals surface area (Å²) >= 11 is 0. The van der Waals surface area contributed by atoms with Gasteiger partial charge in [0.25, 0.3) is 5.91 Å². The van der Waals surface area contributed by atoms with Gasteiger partial charge in [0, 0.05) is 24.8 Å². The minimum atomic E-state index is -0.372. The fourth-order valence-electron chi connectivity index (χ4n) is 1.01. The molecule has 0 atom stereocenters. The van der Waals surface area contributed by atoms with Gasteiger partial charge in [-0.15, -0.1) is 0 Å². The Balaban J connectivity index is 1.83. The third-order valence-electron chi connectivity index (χ3n) is 1.69. The molecule has 2 aromatic heterocycles. The number of hydrogen-bond donors (Lipinski definition) is 1. The number of nitrogens with one attached hydrogen (secondary N) is 1. The zero-order valence-corrected chi connectivity index (χ0v) is 8.78. The first kappa shape index (κ1) is 10.9. The number of anilines is 1. The molecule has 0 bridgehead atoms. The van der Waals surface area contributed by atoms with Crippen LogP contribution >= 0.6 is 0 Å². The van der Waals surface area contributed by atoms with E-state index in [1.807, 2.05) is 0 Å². The van der Waals surface area contributed by atoms with Crippen molar-refractivity contribution in [3.8, 4) is 6.01 Å². The van der Waals surface area contributed by atoms with Crippen LogP contribution < -0.4 is 10.1 Å². The predicted molar refractivity (Wildman–Crippen MR) is 58.2 cm³/mol. The molecule has 2 heterocycles. The van der Waals surface area contributed by atoms with Crippen molar-refractivity contribution < 1.29 is 9.53 Å². The fourth-order valence-corrected chi connectivity index (χ4v) is 1.01. The lowest BCUT2D eigenvalue weighted by Crippen LogP contribution is -2.21. The van der Waals surface area contributed by atoms with Gasteiger partial charge in [0.2, 0.25) is 5.95 Å². The number of rotatable bonds is 4. The summed E-state index contributed by atoms with van der Waals surface area (Å²) in [5, 5.41) is 2.47. The summed E-state index contributed by atoms with van der Waals surface area (Å²) < 4.78 is 5.05. The second-order valence-corrected chi connectivity index (χ2v) is 2.94. The average molecular weight is 231 g/mol. The zero-order valence-electron chi connectivity index (χ0n) is 8.78. The van der Waals surface area contributed by atoms with Crippen molar-refractivity contribution in [2.24, 2.45) is 0 Å². The van der Waals surface area contributed by atoms with E-state index in [4.69, 9.17) is 4.74 Å². The minimum absolute atomic E-state index is 0.150. The summed E-state index contributed by atoms with van der Waals surface area (Å²) in [6.07, 6.45) is 6.12. The first-order valence-corrected chi connectivity index (χ1v) is 4.81. The maximum Gasteiger partial charge on any atom is 0.316 e. The van der Waals surface area contributed by atoms with Crippen LogP contribution in [0.2, 0.25) is 0 Å². The first-order chi connectivity index (χ1) is 8.34. The van der Waals surface area contributed by atoms with Crippen molar-refractivity contribution in [1.82, 2.24) is 19.9 Å². The molecule has 0 saturated carbocycles. The van der Waals surface area contributed by atoms with Gasteiger partial charge in [-0.05, 0) is 12.1 Å². The second kappa shape index (κ2) is 5.50. The lowest BCUT2D eigenvalue weighted by molar-refractivity contribution is -0.118. The zero-order chi connectivity index (χ0) is 11.9. The van der Waals surface area contributed by atoms with Crippen LogP contribution in [0.5, 0.6) is 6.01 Å². The predicted octanol–water partition coefficient (Wildman–Crippen LogP) is 0.284. The second-order valence-electron chi connectivity index (χ2n) is 2.94. The molecule has 7 nitrogen and oxygen atoms in total. The number of amides is 1. The van der Waals surface area contributed by atoms with Gasteiger partial charge >= 0.3 is 6.01 Å². The van der Waals surface area contributed by atoms with Gasteiger partial charge in [0.1, 0.15) is 0 Å². The van der Waals surface area contributed by atoms with Crippen molar-refractivity contribution in [1.29, 1.82) is 0 Å². The molecule has 2 rings (SSSR count). The SMILES string of the molecule is O=C(COc1ncccn1)Nc1ncccn1. The first-order valence-electron chi connectivity index (χ1n) is 4.81. The summed E-state index contributed by atoms with van der Waals surface area (Å²) in [4.78, 5) is 26.7. The highest BCUT2D eigenvalue weighted by molar-refractivity contribution is 5.90. The minimum Gasteiger partial charge on any atom is -0.453 e. The van der Waals surface area contributed by atoms with E-state index in [0.29, 0.717) is 0 Å². The fraction of sp³-hybridized carbons (Fsp3) is 0.100. The molecule has 0 spiro atoms. The smallest absolute Gasteiger partial charge is 0.316 e. The molecule has 0 saturated heterocycles. The summed E-state index contributed by atoms with van der Waals surface area (Å²) in [5.74, 6) is -0.140. The van der Waals surface area contributed by atoms with E-state index in [9.17, 15) is 4.79 Å². The maximum absolute atomic E-state index is 11.4. The van der Waals surface area contributed by atoms with Crippen molar-refractivity contribution in [3.05, 3.63) is 36.9 Å². The normalized spacial score (nSPS) is 9.65. The third-order valence-corrected chi connectivity index (χ3v) is 1.69. The van der Waals surface area contributed by atoms with Crippen LogP contribution in [0.1, 0.15) is 0 Å². The highest BCUT2D eigenvalue weighted by Gasteiger charge is 2.05. The number of aromatic nitrogens is 4. The Morgan fingerprint density at radius 1 is 1.06 bits per heavy atom. The molecule has 86 valence electrons. The third kappa shape index (κ3) is 3.49. The number of carbonyl (C=O) groups is 1. The monoisotopic (exact) mass is 231 g/mol. The standard InChI is InChI=1S/C10H9N5O2/c16-8(15-9-11-3-1-4-12-9)7-17-10-13-5-2-6-14-10/h1-6H,7H2,(H,11,12,15,16). The molecule has 0 radical (unpaired) electrons. The van der Waals surface area contributed by atoms with Crippen molar-refractivity contribution in [2.45, 2.75) is 0 Å². The Labute approximate surface area is 96.9 Å². The van der Waals surface area contributed by atoms with Gasteiger partial charge in [-0.25, -0.2) is 19.9 Å². The maximum atomic E-state index is 11.4. The molecule has 17 heavy (non-hydrogen) atoms. The van der Waals surface area contributed by atoms with Crippen LogP contribution in [0.15, 0.2) is 36.9 Å². The topological polar surface area (TPSA) is 89.9 Å². The summed E-state index contributed by atoms with van der Waals surface area (Å²) in [7, 11) is 0. The molecule has 0 aliphatic rings. The molecular formula is C10H9N5O2. The Hall–Kier alpha value is -2.57. The lowest BCUT2D eigenvalue weighted by atomic mass is 10.6. The van der Waals surface area contributed by atoms with Gasteiger partial charge in [0.05, 0.1) is 0 Å². The van der Waals surface area contributed by atoms with Crippen LogP contribution in [0, 0.1) is 0 Å². The number of hydrogen-bond acceptors (Lipinski definition) is 6. The van der Waals surface area contributed by atoms with Crippen LogP contribution in [0.25, 0.3) is 0 Å². The van der Waals surface area contributed by atoms with Crippen LogP contribution in [0.3, 0.4) is 0 Å². The van der Waals surface area contributed by atoms with Gasteiger partial charge in [-0.2, -0.15) is 0 Å². The molecule has 0 aliphatic heterocycles. The van der Waals surface area contributed by atoms with Crippen LogP contribution in [0.4, 0.5) is 5.95 Å². The molecule has 7 heteroatoms. The summed E-state index contributed by atoms with van der Waals surface area (Å²) in [6.45, 7) is -0.192. The molecule has 1 amide bonds. The molecule has 0 fully saturated rings. The van der Waals surface area contributed by atoms with E-state index in [0.717, 1.165) is 0 Å². The Morgan fingerprint density at radius 3 is 2.29 bits per heavy atom. The molecule has 0 aromatic carbocycles. The Morgan fingerprint density at radius 2 is 1.65 bits per heavy atom. The van der Waals surface area contributed by atoms with E-state index < -0.39 is 0 Å². The number of nitrogens with zero attached hydrogens (tertiary/aromatic N) is 4. The highest BCUT2D eigenvalue weighted by Crippen LogP contribution is 1.98. The van der Waals surface area contributed by atoms with Crippen molar-refractivity contribution in [3.63, 3.8) is 0 Å². The average Bonchev–Trinajstić information content (AvgIpc) is 2.39. The number of carbonyl (C=O) groups excluding carboxylic acids is 1. The van der Waals surface area contributed by atoms with E-state index in [2.05, 4.69) is 25.3 Å². The highest BCUT2D eigenvalue weighted by atomic mass is 16.5. The van der Waals surface area contributed by atoms with E-state index >= 15 is 0 Å². The molecule has 0 unspecified atom stereocenters. The van der Waals surface area contributed by atoms with Gasteiger partial charge in [-0.1, -0.05) is 0 Å². The van der Waals surface area contributed by atoms with Gasteiger partial charge < -0.3 is 4.74 Å². The molecular weight excluding hydrogens is 222 g/mol. The lowest BCUT2D eigenvalue weighted by Gasteiger charge is -2.03. The molecule has 2 aromatic rings. The van der Waals surface area contributed by atoms with E-state index in [1.54, 1.807) is 12.1 Å². The summed E-state index contributed by atoms with van der Waals surface area (Å²) in [5.41, 5.74) is 0. The van der Waals surface area contributed by atoms with E-state index in [1.165, 1.54) is 24.8 Å². The quantitative estimate of drug-likeness (QED) is 0.813. The largest absolute Gasteiger partial charge is 0.453 e. The number of ether oxygens (including phenoxy) is 1. The van der Waals surface area contributed by atoms with Crippen LogP contribution in [-0.2, 0) is 4.79 Å². The van der Waals surface area contributed by atoms with Crippen molar-refractivity contribution in [2.75, 3.05) is 11.9 Å². The summed E-state index contributed by atoms with van der Waals surface area (Å²) in [6, 6.07) is 3.46. The Bertz CT molecular complexity index is 477.